The summed E-state index contributed by atoms with van der Waals surface area (Å²) in [6.07, 6.45) is 7.02. The van der Waals surface area contributed by atoms with Crippen molar-refractivity contribution in [1.29, 1.82) is 5.26 Å². The Kier molecular flexibility index (Phi) is 4.77. The quantitative estimate of drug-likeness (QED) is 0.712. The van der Waals surface area contributed by atoms with Gasteiger partial charge in [0.2, 0.25) is 5.91 Å². The minimum Gasteiger partial charge on any atom is -0.365 e. The van der Waals surface area contributed by atoms with Crippen molar-refractivity contribution in [2.24, 2.45) is 11.7 Å². The first kappa shape index (κ1) is 17.4. The van der Waals surface area contributed by atoms with Crippen molar-refractivity contribution in [3.63, 3.8) is 0 Å². The Hall–Kier alpha value is -2.40. The van der Waals surface area contributed by atoms with Crippen LogP contribution in [-0.4, -0.2) is 34.7 Å². The van der Waals surface area contributed by atoms with E-state index in [9.17, 15) is 14.9 Å². The molecule has 2 aliphatic rings. The van der Waals surface area contributed by atoms with Gasteiger partial charge < -0.3 is 16.4 Å². The average molecular weight is 344 g/mol. The highest BCUT2D eigenvalue weighted by molar-refractivity contribution is 6.02. The maximum absolute atomic E-state index is 12.0. The molecule has 1 heterocycles. The number of nitrogens with one attached hydrogen (secondary N) is 2. The molecular formula is C17H24N6O2. The molecule has 0 unspecified atom stereocenters. The lowest BCUT2D eigenvalue weighted by atomic mass is 9.77. The van der Waals surface area contributed by atoms with Crippen LogP contribution >= 0.6 is 0 Å². The Balaban J connectivity index is 1.89. The number of amides is 2. The Morgan fingerprint density at radius 3 is 2.60 bits per heavy atom. The summed E-state index contributed by atoms with van der Waals surface area (Å²) < 4.78 is 1.69. The molecule has 0 bridgehead atoms. The molecule has 0 radical (unpaired) electrons. The van der Waals surface area contributed by atoms with Gasteiger partial charge in [0.15, 0.2) is 5.82 Å². The van der Waals surface area contributed by atoms with Gasteiger partial charge in [0, 0.05) is 18.2 Å². The number of anilines is 1. The number of carbonyl (C=O) groups excluding carboxylic acids is 2. The third-order valence-corrected chi connectivity index (χ3v) is 5.39. The van der Waals surface area contributed by atoms with Crippen LogP contribution in [0.2, 0.25) is 0 Å². The largest absolute Gasteiger partial charge is 0.365 e. The number of primary amides is 1. The van der Waals surface area contributed by atoms with Gasteiger partial charge in [-0.2, -0.15) is 10.4 Å². The number of rotatable bonds is 6. The molecule has 2 fully saturated rings. The van der Waals surface area contributed by atoms with Crippen molar-refractivity contribution in [1.82, 2.24) is 15.1 Å². The van der Waals surface area contributed by atoms with E-state index in [2.05, 4.69) is 21.8 Å². The Labute approximate surface area is 146 Å². The molecule has 0 aliphatic heterocycles. The normalized spacial score (nSPS) is 26.0. The maximum Gasteiger partial charge on any atom is 0.254 e. The zero-order valence-corrected chi connectivity index (χ0v) is 14.4. The van der Waals surface area contributed by atoms with Gasteiger partial charge in [-0.1, -0.05) is 0 Å². The number of nitriles is 1. The Morgan fingerprint density at radius 1 is 1.40 bits per heavy atom. The molecule has 0 aromatic carbocycles. The molecule has 2 amide bonds. The van der Waals surface area contributed by atoms with E-state index in [0.717, 1.165) is 38.5 Å². The number of nitrogens with two attached hydrogens (primary N) is 1. The number of hydrogen-bond donors (Lipinski definition) is 3. The molecule has 8 heteroatoms. The third-order valence-electron chi connectivity index (χ3n) is 5.39. The summed E-state index contributed by atoms with van der Waals surface area (Å²) in [5.74, 6) is -0.545. The molecular weight excluding hydrogens is 320 g/mol. The fourth-order valence-electron chi connectivity index (χ4n) is 3.53. The van der Waals surface area contributed by atoms with Gasteiger partial charge in [0.25, 0.3) is 5.91 Å². The summed E-state index contributed by atoms with van der Waals surface area (Å²) in [6.45, 7) is 0. The molecule has 0 spiro atoms. The van der Waals surface area contributed by atoms with Gasteiger partial charge in [-0.15, -0.1) is 0 Å². The fourth-order valence-corrected chi connectivity index (χ4v) is 3.53. The van der Waals surface area contributed by atoms with E-state index in [0.29, 0.717) is 12.5 Å². The molecule has 0 atom stereocenters. The number of aromatic nitrogens is 2. The number of carbonyl (C=O) groups is 2. The van der Waals surface area contributed by atoms with Crippen LogP contribution in [0.5, 0.6) is 0 Å². The van der Waals surface area contributed by atoms with E-state index in [4.69, 9.17) is 5.73 Å². The smallest absolute Gasteiger partial charge is 0.254 e. The molecule has 134 valence electrons. The van der Waals surface area contributed by atoms with Crippen LogP contribution in [0.3, 0.4) is 0 Å². The zero-order valence-electron chi connectivity index (χ0n) is 14.4. The molecule has 1 aromatic heterocycles. The summed E-state index contributed by atoms with van der Waals surface area (Å²) in [4.78, 5) is 23.8. The molecule has 0 saturated heterocycles. The lowest BCUT2D eigenvalue weighted by Crippen LogP contribution is -2.42. The van der Waals surface area contributed by atoms with Gasteiger partial charge >= 0.3 is 0 Å². The van der Waals surface area contributed by atoms with Crippen LogP contribution in [0.4, 0.5) is 5.82 Å². The second kappa shape index (κ2) is 6.84. The molecule has 3 rings (SSSR count). The van der Waals surface area contributed by atoms with Gasteiger partial charge in [0.1, 0.15) is 5.56 Å². The zero-order chi connectivity index (χ0) is 18.0. The van der Waals surface area contributed by atoms with Gasteiger partial charge in [0.05, 0.1) is 18.0 Å². The Morgan fingerprint density at radius 2 is 2.08 bits per heavy atom. The Bertz CT molecular complexity index is 707. The summed E-state index contributed by atoms with van der Waals surface area (Å²) in [6, 6.07) is 2.67. The standard InChI is InChI=1S/C17H24N6O2/c1-20-12-4-6-17(7-5-12,8-9-18)23-10-13(14(19)24)15(22-23)21-16(25)11-2-3-11/h10-12,20H,2-8H2,1H3,(H2,19,24)(H,21,22,25). The number of nitrogens with zero attached hydrogens (tertiary/aromatic N) is 3. The van der Waals surface area contributed by atoms with Gasteiger partial charge in [-0.05, 0) is 45.6 Å². The molecule has 8 nitrogen and oxygen atoms in total. The summed E-state index contributed by atoms with van der Waals surface area (Å²) >= 11 is 0. The topological polar surface area (TPSA) is 126 Å². The first-order valence-electron chi connectivity index (χ1n) is 8.74. The van der Waals surface area contributed by atoms with E-state index < -0.39 is 11.4 Å². The van der Waals surface area contributed by atoms with Crippen LogP contribution in [-0.2, 0) is 10.3 Å². The molecule has 1 aromatic rings. The van der Waals surface area contributed by atoms with Crippen LogP contribution in [0.15, 0.2) is 6.20 Å². The van der Waals surface area contributed by atoms with Gasteiger partial charge in [-0.3, -0.25) is 14.3 Å². The van der Waals surface area contributed by atoms with Crippen LogP contribution in [0.25, 0.3) is 0 Å². The highest BCUT2D eigenvalue weighted by Crippen LogP contribution is 2.38. The first-order valence-corrected chi connectivity index (χ1v) is 8.74. The van der Waals surface area contributed by atoms with E-state index in [1.165, 1.54) is 0 Å². The van der Waals surface area contributed by atoms with Crippen LogP contribution < -0.4 is 16.4 Å². The van der Waals surface area contributed by atoms with Crippen molar-refractivity contribution in [3.05, 3.63) is 11.8 Å². The third kappa shape index (κ3) is 3.51. The number of hydrogen-bond acceptors (Lipinski definition) is 5. The first-order chi connectivity index (χ1) is 12.0. The highest BCUT2D eigenvalue weighted by atomic mass is 16.2. The van der Waals surface area contributed by atoms with Gasteiger partial charge in [-0.25, -0.2) is 0 Å². The van der Waals surface area contributed by atoms with Crippen LogP contribution in [0.1, 0.15) is 55.3 Å². The van der Waals surface area contributed by atoms with Crippen molar-refractivity contribution >= 4 is 17.6 Å². The van der Waals surface area contributed by atoms with E-state index in [1.807, 2.05) is 7.05 Å². The fraction of sp³-hybridized carbons (Fsp3) is 0.647. The van der Waals surface area contributed by atoms with Crippen molar-refractivity contribution < 1.29 is 9.59 Å². The van der Waals surface area contributed by atoms with Crippen molar-refractivity contribution in [2.75, 3.05) is 12.4 Å². The lowest BCUT2D eigenvalue weighted by molar-refractivity contribution is -0.117. The molecule has 2 aliphatic carbocycles. The minimum absolute atomic E-state index is 0.00464. The second-order valence-electron chi connectivity index (χ2n) is 7.09. The predicted molar refractivity (Wildman–Crippen MR) is 91.6 cm³/mol. The maximum atomic E-state index is 12.0. The van der Waals surface area contributed by atoms with E-state index in [1.54, 1.807) is 10.9 Å². The predicted octanol–water partition coefficient (Wildman–Crippen LogP) is 1.10. The monoisotopic (exact) mass is 344 g/mol. The molecule has 4 N–H and O–H groups in total. The van der Waals surface area contributed by atoms with Crippen molar-refractivity contribution in [2.45, 2.75) is 56.5 Å². The van der Waals surface area contributed by atoms with E-state index in [-0.39, 0.29) is 23.2 Å². The highest BCUT2D eigenvalue weighted by Gasteiger charge is 2.39. The molecule has 2 saturated carbocycles. The average Bonchev–Trinajstić information content (AvgIpc) is 3.36. The summed E-state index contributed by atoms with van der Waals surface area (Å²) in [5.41, 5.74) is 5.20. The SMILES string of the molecule is CNC1CCC(CC#N)(n2cc(C(N)=O)c(NC(=O)C3CC3)n2)CC1. The lowest BCUT2D eigenvalue weighted by Gasteiger charge is -2.39. The van der Waals surface area contributed by atoms with Crippen molar-refractivity contribution in [3.8, 4) is 6.07 Å². The van der Waals surface area contributed by atoms with Crippen LogP contribution in [0, 0.1) is 17.2 Å². The minimum atomic E-state index is -0.631. The second-order valence-corrected chi connectivity index (χ2v) is 7.09. The summed E-state index contributed by atoms with van der Waals surface area (Å²) in [5, 5.41) is 19.8. The molecule has 25 heavy (non-hydrogen) atoms. The van der Waals surface area contributed by atoms with E-state index >= 15 is 0 Å². The summed E-state index contributed by atoms with van der Waals surface area (Å²) in [7, 11) is 1.94.